The molecular weight excluding hydrogens is 431 g/mol. The Bertz CT molecular complexity index is 879. The molecule has 1 aromatic carbocycles. The highest BCUT2D eigenvalue weighted by Gasteiger charge is 2.08. The lowest BCUT2D eigenvalue weighted by atomic mass is 10.2. The lowest BCUT2D eigenvalue weighted by Crippen LogP contribution is -2.29. The maximum atomic E-state index is 12.1. The molecule has 128 valence electrons. The first-order chi connectivity index (χ1) is 12.1. The second-order valence-electron chi connectivity index (χ2n) is 5.33. The van der Waals surface area contributed by atoms with E-state index in [4.69, 9.17) is 0 Å². The number of halogens is 1. The fourth-order valence-corrected chi connectivity index (χ4v) is 2.85. The van der Waals surface area contributed by atoms with Gasteiger partial charge in [0.2, 0.25) is 0 Å². The van der Waals surface area contributed by atoms with Gasteiger partial charge in [-0.2, -0.15) is 5.10 Å². The molecule has 0 aliphatic carbocycles. The van der Waals surface area contributed by atoms with E-state index >= 15 is 0 Å². The van der Waals surface area contributed by atoms with Crippen molar-refractivity contribution in [3.05, 3.63) is 63.7 Å². The Hall–Kier alpha value is -2.49. The number of nitrogens with one attached hydrogen (secondary N) is 2. The molecule has 0 aliphatic rings. The Kier molecular flexibility index (Phi) is 5.59. The van der Waals surface area contributed by atoms with Gasteiger partial charge in [0.15, 0.2) is 5.82 Å². The summed E-state index contributed by atoms with van der Waals surface area (Å²) in [6.07, 6.45) is 3.34. The molecule has 0 saturated carbocycles. The Morgan fingerprint density at radius 1 is 1.20 bits per heavy atom. The van der Waals surface area contributed by atoms with E-state index in [0.717, 1.165) is 9.26 Å². The normalized spacial score (nSPS) is 10.5. The van der Waals surface area contributed by atoms with Crippen LogP contribution in [0.25, 0.3) is 5.82 Å². The summed E-state index contributed by atoms with van der Waals surface area (Å²) >= 11 is 2.16. The summed E-state index contributed by atoms with van der Waals surface area (Å²) in [4.78, 5) is 20.5. The number of rotatable bonds is 6. The van der Waals surface area contributed by atoms with Gasteiger partial charge in [0.05, 0.1) is 11.3 Å². The van der Waals surface area contributed by atoms with Crippen molar-refractivity contribution in [1.29, 1.82) is 0 Å². The molecule has 0 bridgehead atoms. The van der Waals surface area contributed by atoms with Gasteiger partial charge in [0, 0.05) is 28.9 Å². The van der Waals surface area contributed by atoms with Crippen LogP contribution in [0.5, 0.6) is 0 Å². The van der Waals surface area contributed by atoms with Gasteiger partial charge in [-0.1, -0.05) is 12.1 Å². The zero-order chi connectivity index (χ0) is 17.6. The molecule has 8 heteroatoms. The highest BCUT2D eigenvalue weighted by Crippen LogP contribution is 2.11. The molecule has 25 heavy (non-hydrogen) atoms. The van der Waals surface area contributed by atoms with Gasteiger partial charge < -0.3 is 10.6 Å². The number of carbonyl (C=O) groups is 1. The summed E-state index contributed by atoms with van der Waals surface area (Å²) in [6, 6.07) is 11.2. The molecule has 0 unspecified atom stereocenters. The van der Waals surface area contributed by atoms with Crippen LogP contribution in [-0.4, -0.2) is 38.7 Å². The maximum absolute atomic E-state index is 12.1. The van der Waals surface area contributed by atoms with Crippen LogP contribution in [0.15, 0.2) is 48.9 Å². The number of aryl methyl sites for hydroxylation is 1. The standard InChI is InChI=1S/C17H17IN6O/c1-12-6-9-24(23-12)16-10-15(21-11-22-16)19-7-8-20-17(25)13-4-2-3-5-14(13)18/h2-6,9-11H,7-8H2,1H3,(H,20,25)(H,19,21,22). The average molecular weight is 448 g/mol. The smallest absolute Gasteiger partial charge is 0.252 e. The molecule has 0 aliphatic heterocycles. The van der Waals surface area contributed by atoms with Gasteiger partial charge in [-0.25, -0.2) is 14.6 Å². The largest absolute Gasteiger partial charge is 0.368 e. The summed E-state index contributed by atoms with van der Waals surface area (Å²) in [6.45, 7) is 2.97. The second-order valence-corrected chi connectivity index (χ2v) is 6.49. The van der Waals surface area contributed by atoms with Crippen LogP contribution in [0.2, 0.25) is 0 Å². The van der Waals surface area contributed by atoms with Crippen LogP contribution in [0, 0.1) is 10.5 Å². The van der Waals surface area contributed by atoms with Gasteiger partial charge in [0.1, 0.15) is 12.1 Å². The summed E-state index contributed by atoms with van der Waals surface area (Å²) in [5, 5.41) is 10.4. The van der Waals surface area contributed by atoms with E-state index in [2.05, 4.69) is 48.3 Å². The number of nitrogens with zero attached hydrogens (tertiary/aromatic N) is 4. The number of benzene rings is 1. The number of aromatic nitrogens is 4. The zero-order valence-corrected chi connectivity index (χ0v) is 15.8. The average Bonchev–Trinajstić information content (AvgIpc) is 3.06. The molecule has 3 rings (SSSR count). The highest BCUT2D eigenvalue weighted by molar-refractivity contribution is 14.1. The van der Waals surface area contributed by atoms with Crippen LogP contribution in [0.4, 0.5) is 5.82 Å². The van der Waals surface area contributed by atoms with Crippen LogP contribution in [0.3, 0.4) is 0 Å². The van der Waals surface area contributed by atoms with Gasteiger partial charge in [-0.3, -0.25) is 4.79 Å². The molecule has 2 heterocycles. The van der Waals surface area contributed by atoms with Crippen molar-refractivity contribution >= 4 is 34.3 Å². The van der Waals surface area contributed by atoms with Gasteiger partial charge in [-0.05, 0) is 47.7 Å². The van der Waals surface area contributed by atoms with E-state index in [1.165, 1.54) is 6.33 Å². The molecule has 1 amide bonds. The monoisotopic (exact) mass is 448 g/mol. The van der Waals surface area contributed by atoms with Crippen LogP contribution in [-0.2, 0) is 0 Å². The third-order valence-corrected chi connectivity index (χ3v) is 4.39. The minimum atomic E-state index is -0.0813. The van der Waals surface area contributed by atoms with Crippen molar-refractivity contribution in [2.24, 2.45) is 0 Å². The first-order valence-electron chi connectivity index (χ1n) is 7.75. The van der Waals surface area contributed by atoms with Gasteiger partial charge in [-0.15, -0.1) is 0 Å². The Morgan fingerprint density at radius 3 is 2.80 bits per heavy atom. The van der Waals surface area contributed by atoms with Crippen molar-refractivity contribution in [1.82, 2.24) is 25.1 Å². The molecule has 0 spiro atoms. The van der Waals surface area contributed by atoms with Gasteiger partial charge in [0.25, 0.3) is 5.91 Å². The molecule has 2 N–H and O–H groups in total. The van der Waals surface area contributed by atoms with Crippen molar-refractivity contribution in [2.75, 3.05) is 18.4 Å². The van der Waals surface area contributed by atoms with E-state index in [-0.39, 0.29) is 5.91 Å². The maximum Gasteiger partial charge on any atom is 0.252 e. The molecule has 3 aromatic rings. The van der Waals surface area contributed by atoms with Gasteiger partial charge >= 0.3 is 0 Å². The Labute approximate surface area is 159 Å². The molecule has 0 fully saturated rings. The number of carbonyl (C=O) groups excluding carboxylic acids is 1. The molecule has 0 radical (unpaired) electrons. The van der Waals surface area contributed by atoms with Crippen molar-refractivity contribution in [3.63, 3.8) is 0 Å². The molecule has 7 nitrogen and oxygen atoms in total. The van der Waals surface area contributed by atoms with E-state index < -0.39 is 0 Å². The molecule has 0 saturated heterocycles. The molecule has 2 aromatic heterocycles. The van der Waals surface area contributed by atoms with Crippen LogP contribution < -0.4 is 10.6 Å². The fraction of sp³-hybridized carbons (Fsp3) is 0.176. The fourth-order valence-electron chi connectivity index (χ4n) is 2.22. The predicted octanol–water partition coefficient (Wildman–Crippen LogP) is 2.42. The number of amides is 1. The second kappa shape index (κ2) is 8.06. The van der Waals surface area contributed by atoms with E-state index in [0.29, 0.717) is 30.3 Å². The summed E-state index contributed by atoms with van der Waals surface area (Å²) < 4.78 is 2.63. The van der Waals surface area contributed by atoms with Crippen molar-refractivity contribution < 1.29 is 4.79 Å². The topological polar surface area (TPSA) is 84.7 Å². The molecular formula is C17H17IN6O. The summed E-state index contributed by atoms with van der Waals surface area (Å²) in [5.41, 5.74) is 1.60. The quantitative estimate of drug-likeness (QED) is 0.447. The van der Waals surface area contributed by atoms with Crippen LogP contribution >= 0.6 is 22.6 Å². The van der Waals surface area contributed by atoms with Crippen LogP contribution in [0.1, 0.15) is 16.1 Å². The van der Waals surface area contributed by atoms with E-state index in [9.17, 15) is 4.79 Å². The van der Waals surface area contributed by atoms with E-state index in [1.807, 2.05) is 49.5 Å². The first-order valence-corrected chi connectivity index (χ1v) is 8.82. The minimum absolute atomic E-state index is 0.0813. The van der Waals surface area contributed by atoms with Crippen molar-refractivity contribution in [2.45, 2.75) is 6.92 Å². The van der Waals surface area contributed by atoms with E-state index in [1.54, 1.807) is 4.68 Å². The Balaban J connectivity index is 1.53. The predicted molar refractivity (Wildman–Crippen MR) is 104 cm³/mol. The summed E-state index contributed by atoms with van der Waals surface area (Å²) in [5.74, 6) is 1.29. The lowest BCUT2D eigenvalue weighted by Gasteiger charge is -2.09. The third kappa shape index (κ3) is 4.53. The minimum Gasteiger partial charge on any atom is -0.368 e. The number of hydrogen-bond acceptors (Lipinski definition) is 5. The number of hydrogen-bond donors (Lipinski definition) is 2. The lowest BCUT2D eigenvalue weighted by molar-refractivity contribution is 0.0954. The molecule has 0 atom stereocenters. The zero-order valence-electron chi connectivity index (χ0n) is 13.6. The summed E-state index contributed by atoms with van der Waals surface area (Å²) in [7, 11) is 0. The number of anilines is 1. The third-order valence-electron chi connectivity index (χ3n) is 3.44. The Morgan fingerprint density at radius 2 is 2.04 bits per heavy atom. The SMILES string of the molecule is Cc1ccn(-c2cc(NCCNC(=O)c3ccccc3I)ncn2)n1. The first kappa shape index (κ1) is 17.3. The van der Waals surface area contributed by atoms with Crippen molar-refractivity contribution in [3.8, 4) is 5.82 Å². The highest BCUT2D eigenvalue weighted by atomic mass is 127.